The first-order valence-electron chi connectivity index (χ1n) is 11.2. The minimum atomic E-state index is -0.427. The molecule has 6 nitrogen and oxygen atoms in total. The van der Waals surface area contributed by atoms with Crippen LogP contribution >= 0.6 is 11.3 Å². The number of amides is 2. The van der Waals surface area contributed by atoms with Gasteiger partial charge >= 0.3 is 12.0 Å². The second-order valence-corrected chi connectivity index (χ2v) is 9.29. The van der Waals surface area contributed by atoms with Gasteiger partial charge in [0.1, 0.15) is 11.5 Å². The summed E-state index contributed by atoms with van der Waals surface area (Å²) in [5.74, 6) is -0.427. The first-order valence-corrected chi connectivity index (χ1v) is 12.0. The summed E-state index contributed by atoms with van der Waals surface area (Å²) in [5, 5.41) is 4.02. The van der Waals surface area contributed by atoms with Crippen molar-refractivity contribution in [1.82, 2.24) is 14.8 Å². The minimum Gasteiger partial charge on any atom is -0.465 e. The third-order valence-electron chi connectivity index (χ3n) is 6.24. The molecule has 0 saturated carbocycles. The zero-order valence-corrected chi connectivity index (χ0v) is 19.0. The molecule has 5 rings (SSSR count). The van der Waals surface area contributed by atoms with Gasteiger partial charge in [0.2, 0.25) is 0 Å². The third kappa shape index (κ3) is 3.71. The van der Waals surface area contributed by atoms with E-state index in [9.17, 15) is 9.59 Å². The predicted molar refractivity (Wildman–Crippen MR) is 124 cm³/mol. The van der Waals surface area contributed by atoms with Crippen LogP contribution in [0.2, 0.25) is 0 Å². The van der Waals surface area contributed by atoms with Gasteiger partial charge in [-0.1, -0.05) is 30.3 Å². The molecule has 2 aliphatic rings. The number of urea groups is 1. The molecule has 2 aromatic heterocycles. The van der Waals surface area contributed by atoms with E-state index in [-0.39, 0.29) is 18.6 Å². The Labute approximate surface area is 191 Å². The van der Waals surface area contributed by atoms with E-state index in [1.54, 1.807) is 6.92 Å². The Balaban J connectivity index is 1.59. The molecule has 0 spiro atoms. The summed E-state index contributed by atoms with van der Waals surface area (Å²) in [4.78, 5) is 28.7. The number of nitrogens with zero attached hydrogens (tertiary/aromatic N) is 2. The highest BCUT2D eigenvalue weighted by atomic mass is 32.1. The molecule has 2 amide bonds. The van der Waals surface area contributed by atoms with E-state index in [1.165, 1.54) is 33.8 Å². The Morgan fingerprint density at radius 2 is 1.91 bits per heavy atom. The summed E-state index contributed by atoms with van der Waals surface area (Å²) in [7, 11) is 0. The Morgan fingerprint density at radius 1 is 1.09 bits per heavy atom. The highest BCUT2D eigenvalue weighted by molar-refractivity contribution is 7.15. The summed E-state index contributed by atoms with van der Waals surface area (Å²) >= 11 is 1.86. The van der Waals surface area contributed by atoms with Crippen LogP contribution in [0.3, 0.4) is 0 Å². The normalized spacial score (nSPS) is 17.0. The number of nitrogens with one attached hydrogen (secondary N) is 1. The summed E-state index contributed by atoms with van der Waals surface area (Å²) in [6, 6.07) is 13.7. The van der Waals surface area contributed by atoms with Crippen molar-refractivity contribution in [2.75, 3.05) is 13.2 Å². The van der Waals surface area contributed by atoms with Crippen LogP contribution in [-0.4, -0.2) is 34.6 Å². The quantitative estimate of drug-likeness (QED) is 0.593. The molecule has 3 aromatic rings. The van der Waals surface area contributed by atoms with Crippen LogP contribution in [0.5, 0.6) is 0 Å². The molecule has 0 saturated heterocycles. The van der Waals surface area contributed by atoms with Gasteiger partial charge in [-0.05, 0) is 55.9 Å². The van der Waals surface area contributed by atoms with E-state index in [4.69, 9.17) is 4.74 Å². The number of aromatic nitrogens is 1. The summed E-state index contributed by atoms with van der Waals surface area (Å²) in [5.41, 5.74) is 4.75. The molecule has 1 aliphatic heterocycles. The average Bonchev–Trinajstić information content (AvgIpc) is 3.40. The third-order valence-corrected chi connectivity index (χ3v) is 7.58. The number of ether oxygens (including phenoxy) is 1. The van der Waals surface area contributed by atoms with E-state index >= 15 is 0 Å². The van der Waals surface area contributed by atoms with Gasteiger partial charge in [0, 0.05) is 16.6 Å². The maximum atomic E-state index is 13.5. The van der Waals surface area contributed by atoms with Crippen LogP contribution in [0.4, 0.5) is 4.79 Å². The van der Waals surface area contributed by atoms with Gasteiger partial charge in [-0.15, -0.1) is 11.3 Å². The maximum absolute atomic E-state index is 13.5. The Morgan fingerprint density at radius 3 is 2.72 bits per heavy atom. The number of benzene rings is 1. The summed E-state index contributed by atoms with van der Waals surface area (Å²) in [6.45, 7) is 2.43. The van der Waals surface area contributed by atoms with Crippen LogP contribution in [0, 0.1) is 0 Å². The van der Waals surface area contributed by atoms with Crippen molar-refractivity contribution < 1.29 is 14.3 Å². The van der Waals surface area contributed by atoms with Gasteiger partial charge in [0.15, 0.2) is 0 Å². The van der Waals surface area contributed by atoms with Gasteiger partial charge in [-0.2, -0.15) is 0 Å². The summed E-state index contributed by atoms with van der Waals surface area (Å²) in [6.07, 6.45) is 6.69. The molecular formula is C25H27N3O3S. The Hall–Kier alpha value is -3.06. The zero-order chi connectivity index (χ0) is 22.1. The lowest BCUT2D eigenvalue weighted by atomic mass is 9.95. The van der Waals surface area contributed by atoms with Crippen LogP contribution < -0.4 is 5.32 Å². The number of thiophene rings is 1. The van der Waals surface area contributed by atoms with Gasteiger partial charge < -0.3 is 19.5 Å². The van der Waals surface area contributed by atoms with Gasteiger partial charge in [0.25, 0.3) is 0 Å². The molecule has 166 valence electrons. The second-order valence-electron chi connectivity index (χ2n) is 8.20. The molecule has 7 heteroatoms. The van der Waals surface area contributed by atoms with Crippen LogP contribution in [0.25, 0.3) is 5.00 Å². The lowest BCUT2D eigenvalue weighted by Crippen LogP contribution is -2.44. The van der Waals surface area contributed by atoms with Crippen molar-refractivity contribution in [3.8, 4) is 5.00 Å². The highest BCUT2D eigenvalue weighted by Gasteiger charge is 2.36. The second kappa shape index (κ2) is 8.82. The van der Waals surface area contributed by atoms with Crippen molar-refractivity contribution in [3.63, 3.8) is 0 Å². The monoisotopic (exact) mass is 449 g/mol. The van der Waals surface area contributed by atoms with E-state index < -0.39 is 5.97 Å². The molecule has 0 radical (unpaired) electrons. The fourth-order valence-corrected chi connectivity index (χ4v) is 6.24. The first kappa shape index (κ1) is 20.8. The van der Waals surface area contributed by atoms with E-state index in [1.807, 2.05) is 40.5 Å². The molecule has 1 N–H and O–H groups in total. The first-order chi connectivity index (χ1) is 15.7. The van der Waals surface area contributed by atoms with Crippen molar-refractivity contribution in [1.29, 1.82) is 0 Å². The van der Waals surface area contributed by atoms with Gasteiger partial charge in [-0.25, -0.2) is 4.79 Å². The lowest BCUT2D eigenvalue weighted by molar-refractivity contribution is -0.141. The van der Waals surface area contributed by atoms with Crippen LogP contribution in [0.15, 0.2) is 48.7 Å². The van der Waals surface area contributed by atoms with Crippen molar-refractivity contribution in [2.24, 2.45) is 0 Å². The molecule has 0 fully saturated rings. The number of hydrogen-bond donors (Lipinski definition) is 1. The maximum Gasteiger partial charge on any atom is 0.325 e. The Kier molecular flexibility index (Phi) is 5.74. The average molecular weight is 450 g/mol. The molecule has 1 aliphatic carbocycles. The number of rotatable bonds is 4. The molecule has 1 atom stereocenters. The van der Waals surface area contributed by atoms with Crippen LogP contribution in [-0.2, 0) is 28.9 Å². The highest BCUT2D eigenvalue weighted by Crippen LogP contribution is 2.43. The van der Waals surface area contributed by atoms with E-state index in [2.05, 4.69) is 34.3 Å². The topological polar surface area (TPSA) is 63.6 Å². The fraction of sp³-hybridized carbons (Fsp3) is 0.360. The fourth-order valence-electron chi connectivity index (χ4n) is 4.83. The molecule has 0 bridgehead atoms. The number of fused-ring (bicyclic) bond motifs is 5. The summed E-state index contributed by atoms with van der Waals surface area (Å²) < 4.78 is 7.26. The van der Waals surface area contributed by atoms with Gasteiger partial charge in [0.05, 0.1) is 24.9 Å². The van der Waals surface area contributed by atoms with Crippen LogP contribution in [0.1, 0.15) is 53.1 Å². The van der Waals surface area contributed by atoms with Crippen molar-refractivity contribution in [3.05, 3.63) is 75.9 Å². The van der Waals surface area contributed by atoms with E-state index in [0.717, 1.165) is 24.1 Å². The Bertz CT molecular complexity index is 1130. The lowest BCUT2D eigenvalue weighted by Gasteiger charge is -2.31. The largest absolute Gasteiger partial charge is 0.465 e. The number of carbonyl (C=O) groups is 2. The van der Waals surface area contributed by atoms with Gasteiger partial charge in [-0.3, -0.25) is 4.79 Å². The minimum absolute atomic E-state index is 0.139. The number of aryl methyl sites for hydroxylation is 1. The zero-order valence-electron chi connectivity index (χ0n) is 18.2. The number of esters is 1. The molecule has 3 heterocycles. The van der Waals surface area contributed by atoms with Crippen molar-refractivity contribution >= 4 is 23.3 Å². The molecule has 1 aromatic carbocycles. The smallest absolute Gasteiger partial charge is 0.325 e. The molecule has 0 unspecified atom stereocenters. The predicted octanol–water partition coefficient (Wildman–Crippen LogP) is 4.60. The van der Waals surface area contributed by atoms with E-state index in [0.29, 0.717) is 13.2 Å². The standard InChI is InChI=1S/C25H27N3O3S/c1-2-31-22(29)15-26-25(30)28-16-19-18-11-6-7-13-21(18)32-24(19)27-14-8-12-20(27)23(28)17-9-4-3-5-10-17/h3-5,8-10,12,14,23H,2,6-7,11,13,15-16H2,1H3,(H,26,30)/t23-/m0/s1. The number of carbonyl (C=O) groups excluding carboxylic acids is 2. The van der Waals surface area contributed by atoms with Crippen molar-refractivity contribution in [2.45, 2.75) is 45.2 Å². The molecular weight excluding hydrogens is 422 g/mol. The number of hydrogen-bond acceptors (Lipinski definition) is 4. The SMILES string of the molecule is CCOC(=O)CNC(=O)N1Cc2c(sc3c2CCCC3)-n2cccc2[C@@H]1c1ccccc1. The molecule has 32 heavy (non-hydrogen) atoms.